The lowest BCUT2D eigenvalue weighted by Gasteiger charge is -2.07. The summed E-state index contributed by atoms with van der Waals surface area (Å²) in [5.74, 6) is -0.273. The normalized spacial score (nSPS) is 10.2. The smallest absolute Gasteiger partial charge is 0.338 e. The van der Waals surface area contributed by atoms with Crippen molar-refractivity contribution in [2.75, 3.05) is 11.9 Å². The van der Waals surface area contributed by atoms with Gasteiger partial charge in [0.2, 0.25) is 5.82 Å². The molecule has 1 aromatic heterocycles. The maximum atomic E-state index is 11.7. The van der Waals surface area contributed by atoms with E-state index in [0.29, 0.717) is 22.3 Å². The number of rotatable bonds is 6. The molecule has 0 aliphatic heterocycles. The van der Waals surface area contributed by atoms with Crippen LogP contribution in [0.3, 0.4) is 0 Å². The molecule has 0 bridgehead atoms. The van der Waals surface area contributed by atoms with E-state index in [1.807, 2.05) is 6.92 Å². The zero-order valence-corrected chi connectivity index (χ0v) is 13.9. The first kappa shape index (κ1) is 16.9. The molecule has 7 nitrogen and oxygen atoms in total. The Morgan fingerprint density at radius 2 is 2.09 bits per heavy atom. The van der Waals surface area contributed by atoms with Crippen LogP contribution in [0.2, 0.25) is 0 Å². The fraction of sp³-hybridized carbons (Fsp3) is 0.200. The second-order valence-corrected chi connectivity index (χ2v) is 5.53. The van der Waals surface area contributed by atoms with Gasteiger partial charge in [-0.05, 0) is 46.6 Å². The number of halogens is 1. The molecular weight excluding hydrogens is 366 g/mol. The Balaban J connectivity index is 2.15. The summed E-state index contributed by atoms with van der Waals surface area (Å²) in [6.45, 7) is 2.28. The fourth-order valence-electron chi connectivity index (χ4n) is 1.77. The van der Waals surface area contributed by atoms with Crippen LogP contribution in [0.4, 0.5) is 17.2 Å². The van der Waals surface area contributed by atoms with Gasteiger partial charge in [0.15, 0.2) is 0 Å². The summed E-state index contributed by atoms with van der Waals surface area (Å²) in [6.07, 6.45) is 2.22. The lowest BCUT2D eigenvalue weighted by atomic mass is 10.2. The summed E-state index contributed by atoms with van der Waals surface area (Å²) < 4.78 is 5.55. The van der Waals surface area contributed by atoms with Crippen LogP contribution < -0.4 is 5.32 Å². The summed E-state index contributed by atoms with van der Waals surface area (Å²) in [5, 5.41) is 13.9. The van der Waals surface area contributed by atoms with Crippen LogP contribution in [-0.2, 0) is 4.74 Å². The molecule has 0 unspecified atom stereocenters. The monoisotopic (exact) mass is 379 g/mol. The quantitative estimate of drug-likeness (QED) is 0.461. The van der Waals surface area contributed by atoms with Gasteiger partial charge in [-0.15, -0.1) is 0 Å². The molecule has 2 aromatic rings. The van der Waals surface area contributed by atoms with Crippen molar-refractivity contribution < 1.29 is 14.5 Å². The van der Waals surface area contributed by atoms with Crippen molar-refractivity contribution in [1.29, 1.82) is 0 Å². The second kappa shape index (κ2) is 7.68. The molecule has 8 heteroatoms. The van der Waals surface area contributed by atoms with Crippen molar-refractivity contribution in [2.45, 2.75) is 13.3 Å². The summed E-state index contributed by atoms with van der Waals surface area (Å²) >= 11 is 3.15. The maximum absolute atomic E-state index is 11.7. The molecule has 0 fully saturated rings. The summed E-state index contributed by atoms with van der Waals surface area (Å²) in [4.78, 5) is 26.2. The number of esters is 1. The van der Waals surface area contributed by atoms with Crippen LogP contribution in [0.5, 0.6) is 0 Å². The minimum atomic E-state index is -0.517. The first-order chi connectivity index (χ1) is 11.0. The topological polar surface area (TPSA) is 94.4 Å². The molecule has 120 valence electrons. The van der Waals surface area contributed by atoms with E-state index in [1.54, 1.807) is 24.3 Å². The Bertz CT molecular complexity index is 719. The van der Waals surface area contributed by atoms with E-state index in [4.69, 9.17) is 4.74 Å². The van der Waals surface area contributed by atoms with Crippen molar-refractivity contribution in [3.8, 4) is 0 Å². The van der Waals surface area contributed by atoms with Crippen LogP contribution in [0.25, 0.3) is 0 Å². The molecule has 23 heavy (non-hydrogen) atoms. The standard InChI is InChI=1S/C15H14BrN3O4/c1-2-7-23-15(20)10-3-5-12(6-4-10)18-14-13(19(21)22)8-11(16)9-17-14/h3-6,8-9H,2,7H2,1H3,(H,17,18). The highest BCUT2D eigenvalue weighted by Crippen LogP contribution is 2.28. The third-order valence-electron chi connectivity index (χ3n) is 2.85. The number of hydrogen-bond acceptors (Lipinski definition) is 6. The van der Waals surface area contributed by atoms with Crippen LogP contribution in [0.1, 0.15) is 23.7 Å². The van der Waals surface area contributed by atoms with Gasteiger partial charge < -0.3 is 10.1 Å². The molecule has 0 radical (unpaired) electrons. The van der Waals surface area contributed by atoms with Crippen LogP contribution >= 0.6 is 15.9 Å². The molecule has 1 aromatic carbocycles. The summed E-state index contributed by atoms with van der Waals surface area (Å²) in [5.41, 5.74) is 0.850. The van der Waals surface area contributed by atoms with Gasteiger partial charge in [-0.25, -0.2) is 9.78 Å². The second-order valence-electron chi connectivity index (χ2n) is 4.62. The predicted octanol–water partition coefficient (Wildman–Crippen LogP) is 4.06. The van der Waals surface area contributed by atoms with Crippen molar-refractivity contribution in [3.05, 3.63) is 56.7 Å². The van der Waals surface area contributed by atoms with Gasteiger partial charge in [0.25, 0.3) is 0 Å². The average Bonchev–Trinajstić information content (AvgIpc) is 2.54. The van der Waals surface area contributed by atoms with Crippen LogP contribution in [-0.4, -0.2) is 22.5 Å². The van der Waals surface area contributed by atoms with Crippen molar-refractivity contribution >= 4 is 39.1 Å². The molecule has 2 rings (SSSR count). The van der Waals surface area contributed by atoms with E-state index < -0.39 is 10.9 Å². The third-order valence-corrected chi connectivity index (χ3v) is 3.29. The number of benzene rings is 1. The van der Waals surface area contributed by atoms with Crippen LogP contribution in [0, 0.1) is 10.1 Å². The Kier molecular flexibility index (Phi) is 5.64. The number of nitro groups is 1. The van der Waals surface area contributed by atoms with Gasteiger partial charge >= 0.3 is 11.7 Å². The number of anilines is 2. The van der Waals surface area contributed by atoms with Crippen molar-refractivity contribution in [1.82, 2.24) is 4.98 Å². The van der Waals surface area contributed by atoms with Gasteiger partial charge in [0.05, 0.1) is 17.1 Å². The number of nitrogens with one attached hydrogen (secondary N) is 1. The first-order valence-electron chi connectivity index (χ1n) is 6.85. The van der Waals surface area contributed by atoms with Gasteiger partial charge in [-0.1, -0.05) is 6.92 Å². The molecule has 0 aliphatic carbocycles. The van der Waals surface area contributed by atoms with Crippen molar-refractivity contribution in [2.24, 2.45) is 0 Å². The Hall–Kier alpha value is -2.48. The Morgan fingerprint density at radius 1 is 1.39 bits per heavy atom. The number of pyridine rings is 1. The van der Waals surface area contributed by atoms with Crippen LogP contribution in [0.15, 0.2) is 41.0 Å². The maximum Gasteiger partial charge on any atom is 0.338 e. The molecule has 0 spiro atoms. The number of hydrogen-bond donors (Lipinski definition) is 1. The zero-order valence-electron chi connectivity index (χ0n) is 12.3. The minimum Gasteiger partial charge on any atom is -0.462 e. The van der Waals surface area contributed by atoms with Crippen molar-refractivity contribution in [3.63, 3.8) is 0 Å². The number of ether oxygens (including phenoxy) is 1. The minimum absolute atomic E-state index is 0.125. The number of aromatic nitrogens is 1. The summed E-state index contributed by atoms with van der Waals surface area (Å²) in [6, 6.07) is 7.81. The molecule has 1 N–H and O–H groups in total. The molecule has 0 saturated heterocycles. The van der Waals surface area contributed by atoms with E-state index >= 15 is 0 Å². The number of carbonyl (C=O) groups excluding carboxylic acids is 1. The molecule has 0 atom stereocenters. The highest BCUT2D eigenvalue weighted by Gasteiger charge is 2.16. The average molecular weight is 380 g/mol. The van der Waals surface area contributed by atoms with Gasteiger partial charge in [-0.3, -0.25) is 10.1 Å². The van der Waals surface area contributed by atoms with E-state index in [2.05, 4.69) is 26.2 Å². The van der Waals surface area contributed by atoms with Gasteiger partial charge in [0, 0.05) is 22.4 Å². The SMILES string of the molecule is CCCOC(=O)c1ccc(Nc2ncc(Br)cc2[N+](=O)[O-])cc1. The summed E-state index contributed by atoms with van der Waals surface area (Å²) in [7, 11) is 0. The fourth-order valence-corrected chi connectivity index (χ4v) is 2.09. The van der Waals surface area contributed by atoms with Gasteiger partial charge in [0.1, 0.15) is 0 Å². The molecule has 0 saturated carbocycles. The zero-order chi connectivity index (χ0) is 16.8. The number of carbonyl (C=O) groups is 1. The molecule has 0 amide bonds. The van der Waals surface area contributed by atoms with Gasteiger partial charge in [-0.2, -0.15) is 0 Å². The highest BCUT2D eigenvalue weighted by atomic mass is 79.9. The first-order valence-corrected chi connectivity index (χ1v) is 7.64. The largest absolute Gasteiger partial charge is 0.462 e. The Morgan fingerprint density at radius 3 is 2.70 bits per heavy atom. The molecule has 0 aliphatic rings. The number of nitrogens with zero attached hydrogens (tertiary/aromatic N) is 2. The van der Waals surface area contributed by atoms with E-state index in [-0.39, 0.29) is 11.5 Å². The lowest BCUT2D eigenvalue weighted by Crippen LogP contribution is -2.06. The molecule has 1 heterocycles. The molecular formula is C15H14BrN3O4. The van der Waals surface area contributed by atoms with E-state index in [9.17, 15) is 14.9 Å². The highest BCUT2D eigenvalue weighted by molar-refractivity contribution is 9.10. The van der Waals surface area contributed by atoms with E-state index in [1.165, 1.54) is 12.3 Å². The van der Waals surface area contributed by atoms with E-state index in [0.717, 1.165) is 6.42 Å². The lowest BCUT2D eigenvalue weighted by molar-refractivity contribution is -0.384. The third kappa shape index (κ3) is 4.49. The predicted molar refractivity (Wildman–Crippen MR) is 88.9 cm³/mol. The Labute approximate surface area is 141 Å².